The minimum Gasteiger partial charge on any atom is -0.497 e. The average Bonchev–Trinajstić information content (AvgIpc) is 2.84. The number of ether oxygens (including phenoxy) is 2. The molecule has 0 radical (unpaired) electrons. The van der Waals surface area contributed by atoms with Crippen LogP contribution in [0.1, 0.15) is 19.8 Å². The van der Waals surface area contributed by atoms with Gasteiger partial charge in [-0.25, -0.2) is 0 Å². The summed E-state index contributed by atoms with van der Waals surface area (Å²) in [5, 5.41) is 11.7. The van der Waals surface area contributed by atoms with Crippen LogP contribution in [0, 0.1) is 5.92 Å². The molecule has 1 aromatic heterocycles. The van der Waals surface area contributed by atoms with E-state index in [-0.39, 0.29) is 12.5 Å². The number of carbonyl (C=O) groups is 1. The van der Waals surface area contributed by atoms with E-state index in [0.717, 1.165) is 36.1 Å². The summed E-state index contributed by atoms with van der Waals surface area (Å²) in [6, 6.07) is 18.7. The minimum atomic E-state index is -0.236. The Morgan fingerprint density at radius 2 is 1.78 bits per heavy atom. The molecule has 1 amide bonds. The Bertz CT molecular complexity index is 1030. The quantitative estimate of drug-likeness (QED) is 0.596. The molecule has 0 atom stereocenters. The van der Waals surface area contributed by atoms with Crippen LogP contribution in [0.2, 0.25) is 0 Å². The molecule has 1 N–H and O–H groups in total. The summed E-state index contributed by atoms with van der Waals surface area (Å²) in [5.74, 6) is 2.74. The molecular weight excluding hydrogens is 404 g/mol. The first-order chi connectivity index (χ1) is 15.6. The van der Waals surface area contributed by atoms with Gasteiger partial charge in [0.1, 0.15) is 11.5 Å². The van der Waals surface area contributed by atoms with E-state index in [4.69, 9.17) is 9.47 Å². The Balaban J connectivity index is 1.31. The van der Waals surface area contributed by atoms with Gasteiger partial charge in [-0.15, -0.1) is 10.2 Å². The number of benzene rings is 2. The van der Waals surface area contributed by atoms with Crippen LogP contribution in [0.3, 0.4) is 0 Å². The van der Waals surface area contributed by atoms with Gasteiger partial charge < -0.3 is 19.7 Å². The summed E-state index contributed by atoms with van der Waals surface area (Å²) in [5.41, 5.74) is 2.44. The molecule has 0 spiro atoms. The van der Waals surface area contributed by atoms with Gasteiger partial charge in [-0.3, -0.25) is 4.79 Å². The fourth-order valence-corrected chi connectivity index (χ4v) is 3.65. The number of anilines is 2. The van der Waals surface area contributed by atoms with Crippen molar-refractivity contribution in [1.29, 1.82) is 0 Å². The Labute approximate surface area is 188 Å². The first-order valence-corrected chi connectivity index (χ1v) is 10.9. The predicted molar refractivity (Wildman–Crippen MR) is 125 cm³/mol. The third-order valence-corrected chi connectivity index (χ3v) is 5.63. The van der Waals surface area contributed by atoms with Crippen molar-refractivity contribution in [3.8, 4) is 22.8 Å². The van der Waals surface area contributed by atoms with Crippen LogP contribution in [0.5, 0.6) is 11.5 Å². The molecule has 1 aliphatic rings. The SMILES string of the molecule is COc1cccc(OCC(=O)Nc2ccc(-c3ccc(N4CCC(C)CC4)nn3)cc2)c1. The lowest BCUT2D eigenvalue weighted by atomic mass is 9.99. The van der Waals surface area contributed by atoms with Crippen molar-refractivity contribution < 1.29 is 14.3 Å². The number of rotatable bonds is 7. The maximum Gasteiger partial charge on any atom is 0.262 e. The van der Waals surface area contributed by atoms with E-state index in [1.165, 1.54) is 12.8 Å². The van der Waals surface area contributed by atoms with Gasteiger partial charge in [-0.2, -0.15) is 0 Å². The zero-order valence-corrected chi connectivity index (χ0v) is 18.5. The summed E-state index contributed by atoms with van der Waals surface area (Å²) in [7, 11) is 1.59. The smallest absolute Gasteiger partial charge is 0.262 e. The number of carbonyl (C=O) groups excluding carboxylic acids is 1. The summed E-state index contributed by atoms with van der Waals surface area (Å²) in [6.45, 7) is 4.28. The highest BCUT2D eigenvalue weighted by Crippen LogP contribution is 2.24. The van der Waals surface area contributed by atoms with Gasteiger partial charge in [-0.1, -0.05) is 25.1 Å². The molecule has 4 rings (SSSR count). The van der Waals surface area contributed by atoms with Crippen LogP contribution in [0.25, 0.3) is 11.3 Å². The lowest BCUT2D eigenvalue weighted by molar-refractivity contribution is -0.118. The topological polar surface area (TPSA) is 76.6 Å². The molecule has 166 valence electrons. The zero-order chi connectivity index (χ0) is 22.3. The number of hydrogen-bond donors (Lipinski definition) is 1. The molecule has 7 heteroatoms. The van der Waals surface area contributed by atoms with Crippen molar-refractivity contribution in [1.82, 2.24) is 10.2 Å². The summed E-state index contributed by atoms with van der Waals surface area (Å²) < 4.78 is 10.7. The molecule has 0 aliphatic carbocycles. The van der Waals surface area contributed by atoms with Crippen molar-refractivity contribution in [2.45, 2.75) is 19.8 Å². The minimum absolute atomic E-state index is 0.0862. The second kappa shape index (κ2) is 10.1. The van der Waals surface area contributed by atoms with Crippen molar-refractivity contribution in [3.63, 3.8) is 0 Å². The van der Waals surface area contributed by atoms with Crippen molar-refractivity contribution >= 4 is 17.4 Å². The predicted octanol–water partition coefficient (Wildman–Crippen LogP) is 4.41. The van der Waals surface area contributed by atoms with Gasteiger partial charge in [0.25, 0.3) is 5.91 Å². The van der Waals surface area contributed by atoms with E-state index in [9.17, 15) is 4.79 Å². The largest absolute Gasteiger partial charge is 0.497 e. The van der Waals surface area contributed by atoms with Crippen LogP contribution in [-0.4, -0.2) is 42.9 Å². The fraction of sp³-hybridized carbons (Fsp3) is 0.320. The van der Waals surface area contributed by atoms with Gasteiger partial charge in [0.2, 0.25) is 0 Å². The maximum absolute atomic E-state index is 12.2. The zero-order valence-electron chi connectivity index (χ0n) is 18.5. The highest BCUT2D eigenvalue weighted by molar-refractivity contribution is 5.92. The van der Waals surface area contributed by atoms with E-state index in [2.05, 4.69) is 27.3 Å². The molecule has 2 heterocycles. The lowest BCUT2D eigenvalue weighted by Gasteiger charge is -2.30. The van der Waals surface area contributed by atoms with Gasteiger partial charge in [-0.05, 0) is 55.2 Å². The Morgan fingerprint density at radius 3 is 2.47 bits per heavy atom. The number of hydrogen-bond acceptors (Lipinski definition) is 6. The molecule has 1 aliphatic heterocycles. The van der Waals surface area contributed by atoms with Crippen LogP contribution in [0.4, 0.5) is 11.5 Å². The summed E-state index contributed by atoms with van der Waals surface area (Å²) in [6.07, 6.45) is 2.39. The summed E-state index contributed by atoms with van der Waals surface area (Å²) >= 11 is 0. The highest BCUT2D eigenvalue weighted by Gasteiger charge is 2.17. The van der Waals surface area contributed by atoms with Crippen LogP contribution in [-0.2, 0) is 4.79 Å². The first kappa shape index (κ1) is 21.6. The maximum atomic E-state index is 12.2. The third-order valence-electron chi connectivity index (χ3n) is 5.63. The highest BCUT2D eigenvalue weighted by atomic mass is 16.5. The van der Waals surface area contributed by atoms with Crippen molar-refractivity contribution in [3.05, 3.63) is 60.7 Å². The van der Waals surface area contributed by atoms with Gasteiger partial charge >= 0.3 is 0 Å². The molecule has 0 bridgehead atoms. The first-order valence-electron chi connectivity index (χ1n) is 10.9. The monoisotopic (exact) mass is 432 g/mol. The van der Waals surface area contributed by atoms with Gasteiger partial charge in [0, 0.05) is 30.4 Å². The molecule has 32 heavy (non-hydrogen) atoms. The van der Waals surface area contributed by atoms with Gasteiger partial charge in [0.05, 0.1) is 12.8 Å². The molecule has 2 aromatic carbocycles. The molecule has 1 saturated heterocycles. The second-order valence-electron chi connectivity index (χ2n) is 8.04. The van der Waals surface area contributed by atoms with Gasteiger partial charge in [0.15, 0.2) is 12.4 Å². The van der Waals surface area contributed by atoms with E-state index in [0.29, 0.717) is 17.2 Å². The van der Waals surface area contributed by atoms with Crippen LogP contribution in [0.15, 0.2) is 60.7 Å². The Hall–Kier alpha value is -3.61. The fourth-order valence-electron chi connectivity index (χ4n) is 3.65. The lowest BCUT2D eigenvalue weighted by Crippen LogP contribution is -2.33. The Kier molecular flexibility index (Phi) is 6.84. The number of piperidine rings is 1. The standard InChI is InChI=1S/C25H28N4O3/c1-18-12-14-29(15-13-18)24-11-10-23(27-28-24)19-6-8-20(9-7-19)26-25(30)17-32-22-5-3-4-21(16-22)31-2/h3-11,16,18H,12-15,17H2,1-2H3,(H,26,30). The molecule has 0 saturated carbocycles. The number of methoxy groups -OCH3 is 1. The number of nitrogens with one attached hydrogen (secondary N) is 1. The molecule has 7 nitrogen and oxygen atoms in total. The number of amides is 1. The number of aromatic nitrogens is 2. The molecule has 1 fully saturated rings. The van der Waals surface area contributed by atoms with Crippen LogP contribution < -0.4 is 19.7 Å². The van der Waals surface area contributed by atoms with E-state index < -0.39 is 0 Å². The van der Waals surface area contributed by atoms with Crippen LogP contribution >= 0.6 is 0 Å². The van der Waals surface area contributed by atoms with Crippen molar-refractivity contribution in [2.24, 2.45) is 5.92 Å². The number of nitrogens with zero attached hydrogens (tertiary/aromatic N) is 3. The third kappa shape index (κ3) is 5.55. The van der Waals surface area contributed by atoms with E-state index in [1.807, 2.05) is 48.5 Å². The molecule has 3 aromatic rings. The Morgan fingerprint density at radius 1 is 1.03 bits per heavy atom. The normalized spacial score (nSPS) is 14.1. The van der Waals surface area contributed by atoms with E-state index >= 15 is 0 Å². The molecule has 0 unspecified atom stereocenters. The van der Waals surface area contributed by atoms with E-state index in [1.54, 1.807) is 19.2 Å². The average molecular weight is 433 g/mol. The molecular formula is C25H28N4O3. The second-order valence-corrected chi connectivity index (χ2v) is 8.04. The summed E-state index contributed by atoms with van der Waals surface area (Å²) in [4.78, 5) is 14.5. The van der Waals surface area contributed by atoms with Crippen molar-refractivity contribution in [2.75, 3.05) is 37.0 Å².